The fourth-order valence-corrected chi connectivity index (χ4v) is 2.15. The van der Waals surface area contributed by atoms with Crippen LogP contribution in [0.2, 0.25) is 0 Å². The van der Waals surface area contributed by atoms with Crippen molar-refractivity contribution in [1.82, 2.24) is 10.2 Å². The molecule has 1 aliphatic rings. The van der Waals surface area contributed by atoms with Crippen molar-refractivity contribution in [3.05, 3.63) is 0 Å². The Hall–Kier alpha value is -1.14. The van der Waals surface area contributed by atoms with E-state index in [4.69, 9.17) is 9.47 Å². The van der Waals surface area contributed by atoms with E-state index in [1.807, 2.05) is 6.92 Å². The summed E-state index contributed by atoms with van der Waals surface area (Å²) >= 11 is 0. The van der Waals surface area contributed by atoms with E-state index in [1.54, 1.807) is 33.0 Å². The minimum Gasteiger partial charge on any atom is -0.382 e. The topological polar surface area (TPSA) is 67.9 Å². The number of hydrogen-bond acceptors (Lipinski definition) is 4. The lowest BCUT2D eigenvalue weighted by Gasteiger charge is -2.43. The minimum absolute atomic E-state index is 0.0692. The number of carbonyl (C=O) groups excluding carboxylic acids is 2. The standard InChI is InChI=1S/C13H24N2O4/c1-6-13(3)12(17)15(9(2)11(16)14-13)7-10(19-5)8-18-4/h9-10H,6-8H2,1-5H3,(H,14,16). The van der Waals surface area contributed by atoms with Gasteiger partial charge in [-0.05, 0) is 20.3 Å². The second-order valence-electron chi connectivity index (χ2n) is 5.12. The van der Waals surface area contributed by atoms with Crippen molar-refractivity contribution < 1.29 is 19.1 Å². The number of ether oxygens (including phenoxy) is 2. The summed E-state index contributed by atoms with van der Waals surface area (Å²) in [7, 11) is 3.15. The van der Waals surface area contributed by atoms with Crippen LogP contribution >= 0.6 is 0 Å². The molecular weight excluding hydrogens is 248 g/mol. The largest absolute Gasteiger partial charge is 0.382 e. The van der Waals surface area contributed by atoms with Crippen molar-refractivity contribution in [1.29, 1.82) is 0 Å². The van der Waals surface area contributed by atoms with E-state index in [0.717, 1.165) is 0 Å². The first-order chi connectivity index (χ1) is 8.89. The summed E-state index contributed by atoms with van der Waals surface area (Å²) in [5, 5.41) is 2.79. The number of rotatable bonds is 6. The number of methoxy groups -OCH3 is 2. The van der Waals surface area contributed by atoms with Gasteiger partial charge in [-0.1, -0.05) is 6.92 Å². The third-order valence-electron chi connectivity index (χ3n) is 3.77. The molecule has 6 nitrogen and oxygen atoms in total. The van der Waals surface area contributed by atoms with Gasteiger partial charge in [0, 0.05) is 14.2 Å². The Morgan fingerprint density at radius 2 is 2.05 bits per heavy atom. The lowest BCUT2D eigenvalue weighted by molar-refractivity contribution is -0.156. The maximum atomic E-state index is 12.5. The molecule has 1 heterocycles. The van der Waals surface area contributed by atoms with Gasteiger partial charge in [0.05, 0.1) is 19.3 Å². The highest BCUT2D eigenvalue weighted by Crippen LogP contribution is 2.21. The van der Waals surface area contributed by atoms with Gasteiger partial charge in [-0.25, -0.2) is 0 Å². The van der Waals surface area contributed by atoms with Crippen LogP contribution in [-0.4, -0.2) is 61.8 Å². The van der Waals surface area contributed by atoms with Crippen LogP contribution in [0.25, 0.3) is 0 Å². The summed E-state index contributed by atoms with van der Waals surface area (Å²) < 4.78 is 10.3. The molecule has 3 unspecified atom stereocenters. The molecule has 19 heavy (non-hydrogen) atoms. The Kier molecular flexibility index (Phi) is 5.31. The van der Waals surface area contributed by atoms with Crippen LogP contribution in [0.3, 0.4) is 0 Å². The molecule has 0 spiro atoms. The van der Waals surface area contributed by atoms with Crippen LogP contribution in [0.15, 0.2) is 0 Å². The van der Waals surface area contributed by atoms with E-state index in [1.165, 1.54) is 0 Å². The summed E-state index contributed by atoms with van der Waals surface area (Å²) in [4.78, 5) is 26.1. The van der Waals surface area contributed by atoms with Crippen molar-refractivity contribution in [2.24, 2.45) is 0 Å². The molecule has 0 aliphatic carbocycles. The van der Waals surface area contributed by atoms with E-state index >= 15 is 0 Å². The second kappa shape index (κ2) is 6.34. The predicted molar refractivity (Wildman–Crippen MR) is 70.7 cm³/mol. The maximum absolute atomic E-state index is 12.5. The first-order valence-electron chi connectivity index (χ1n) is 6.54. The third kappa shape index (κ3) is 3.25. The van der Waals surface area contributed by atoms with Gasteiger partial charge in [0.25, 0.3) is 0 Å². The summed E-state index contributed by atoms with van der Waals surface area (Å²) in [6.45, 7) is 6.10. The zero-order valence-corrected chi connectivity index (χ0v) is 12.4. The number of hydrogen-bond donors (Lipinski definition) is 1. The molecule has 1 aliphatic heterocycles. The number of piperazine rings is 1. The first-order valence-corrected chi connectivity index (χ1v) is 6.54. The van der Waals surface area contributed by atoms with Gasteiger partial charge in [-0.15, -0.1) is 0 Å². The fourth-order valence-electron chi connectivity index (χ4n) is 2.15. The number of nitrogens with zero attached hydrogens (tertiary/aromatic N) is 1. The quantitative estimate of drug-likeness (QED) is 0.748. The molecule has 0 bridgehead atoms. The van der Waals surface area contributed by atoms with Gasteiger partial charge in [0.15, 0.2) is 0 Å². The summed E-state index contributed by atoms with van der Waals surface area (Å²) in [5.74, 6) is -0.198. The van der Waals surface area contributed by atoms with E-state index in [2.05, 4.69) is 5.32 Å². The van der Waals surface area contributed by atoms with E-state index < -0.39 is 11.6 Å². The second-order valence-corrected chi connectivity index (χ2v) is 5.12. The molecule has 0 saturated carbocycles. The smallest absolute Gasteiger partial charge is 0.248 e. The molecular formula is C13H24N2O4. The highest BCUT2D eigenvalue weighted by atomic mass is 16.5. The molecule has 1 N–H and O–H groups in total. The molecule has 0 aromatic carbocycles. The SMILES string of the molecule is CCC1(C)NC(=O)C(C)N(CC(COC)OC)C1=O. The Morgan fingerprint density at radius 1 is 1.42 bits per heavy atom. The van der Waals surface area contributed by atoms with Crippen LogP contribution in [0.5, 0.6) is 0 Å². The molecule has 0 radical (unpaired) electrons. The average Bonchev–Trinajstić information content (AvgIpc) is 2.40. The molecule has 1 saturated heterocycles. The summed E-state index contributed by atoms with van der Waals surface area (Å²) in [5.41, 5.74) is -0.824. The Bertz CT molecular complexity index is 348. The van der Waals surface area contributed by atoms with Crippen molar-refractivity contribution in [2.75, 3.05) is 27.4 Å². The molecule has 1 fully saturated rings. The normalized spacial score (nSPS) is 29.3. The zero-order valence-electron chi connectivity index (χ0n) is 12.4. The highest BCUT2D eigenvalue weighted by Gasteiger charge is 2.45. The highest BCUT2D eigenvalue weighted by molar-refractivity contribution is 5.99. The Morgan fingerprint density at radius 3 is 2.53 bits per heavy atom. The van der Waals surface area contributed by atoms with Crippen molar-refractivity contribution in [3.63, 3.8) is 0 Å². The van der Waals surface area contributed by atoms with Crippen LogP contribution in [0.1, 0.15) is 27.2 Å². The monoisotopic (exact) mass is 272 g/mol. The van der Waals surface area contributed by atoms with Crippen molar-refractivity contribution >= 4 is 11.8 Å². The van der Waals surface area contributed by atoms with Gasteiger partial charge in [-0.3, -0.25) is 9.59 Å². The molecule has 6 heteroatoms. The van der Waals surface area contributed by atoms with Crippen molar-refractivity contribution in [3.8, 4) is 0 Å². The third-order valence-corrected chi connectivity index (χ3v) is 3.77. The molecule has 0 aromatic rings. The van der Waals surface area contributed by atoms with Gasteiger partial charge in [-0.2, -0.15) is 0 Å². The van der Waals surface area contributed by atoms with Crippen LogP contribution in [0.4, 0.5) is 0 Å². The summed E-state index contributed by atoms with van der Waals surface area (Å²) in [6.07, 6.45) is 0.325. The Labute approximate surface area is 114 Å². The number of carbonyl (C=O) groups is 2. The Balaban J connectivity index is 2.88. The lowest BCUT2D eigenvalue weighted by Crippen LogP contribution is -2.69. The zero-order chi connectivity index (χ0) is 14.6. The van der Waals surface area contributed by atoms with Crippen LogP contribution in [0, 0.1) is 0 Å². The van der Waals surface area contributed by atoms with E-state index in [-0.39, 0.29) is 17.9 Å². The van der Waals surface area contributed by atoms with Gasteiger partial charge >= 0.3 is 0 Å². The minimum atomic E-state index is -0.824. The van der Waals surface area contributed by atoms with E-state index in [0.29, 0.717) is 19.6 Å². The molecule has 3 atom stereocenters. The fraction of sp³-hybridized carbons (Fsp3) is 0.846. The molecule has 1 rings (SSSR count). The summed E-state index contributed by atoms with van der Waals surface area (Å²) in [6, 6.07) is -0.485. The van der Waals surface area contributed by atoms with Gasteiger partial charge < -0.3 is 19.7 Å². The van der Waals surface area contributed by atoms with E-state index in [9.17, 15) is 9.59 Å². The van der Waals surface area contributed by atoms with Crippen LogP contribution in [-0.2, 0) is 19.1 Å². The molecule has 2 amide bonds. The van der Waals surface area contributed by atoms with Gasteiger partial charge in [0.1, 0.15) is 11.6 Å². The maximum Gasteiger partial charge on any atom is 0.248 e. The van der Waals surface area contributed by atoms with Gasteiger partial charge in [0.2, 0.25) is 11.8 Å². The molecule has 0 aromatic heterocycles. The molecule has 110 valence electrons. The first kappa shape index (κ1) is 15.9. The van der Waals surface area contributed by atoms with Crippen molar-refractivity contribution in [2.45, 2.75) is 44.9 Å². The van der Waals surface area contributed by atoms with Crippen LogP contribution < -0.4 is 5.32 Å². The predicted octanol–water partition coefficient (Wildman–Crippen LogP) is 0.163. The number of nitrogens with one attached hydrogen (secondary N) is 1. The lowest BCUT2D eigenvalue weighted by atomic mass is 9.92. The number of amides is 2. The average molecular weight is 272 g/mol.